The summed E-state index contributed by atoms with van der Waals surface area (Å²) in [5.41, 5.74) is 0.773. The van der Waals surface area contributed by atoms with Crippen LogP contribution in [0.3, 0.4) is 0 Å². The van der Waals surface area contributed by atoms with Gasteiger partial charge < -0.3 is 16.0 Å². The minimum Gasteiger partial charge on any atom is -0.355 e. The first-order chi connectivity index (χ1) is 10.9. The van der Waals surface area contributed by atoms with E-state index in [9.17, 15) is 14.4 Å². The van der Waals surface area contributed by atoms with E-state index in [4.69, 9.17) is 11.6 Å². The number of nitrogens with one attached hydrogen (secondary N) is 3. The number of benzene rings is 1. The summed E-state index contributed by atoms with van der Waals surface area (Å²) >= 11 is 5.84. The molecule has 7 heteroatoms. The zero-order valence-corrected chi connectivity index (χ0v) is 14.1. The van der Waals surface area contributed by atoms with Gasteiger partial charge >= 0.3 is 0 Å². The van der Waals surface area contributed by atoms with Crippen LogP contribution in [0, 0.1) is 0 Å². The van der Waals surface area contributed by atoms with E-state index in [1.54, 1.807) is 24.3 Å². The van der Waals surface area contributed by atoms with Crippen molar-refractivity contribution in [2.75, 3.05) is 13.1 Å². The van der Waals surface area contributed by atoms with Crippen LogP contribution in [-0.2, 0) is 14.4 Å². The van der Waals surface area contributed by atoms with Crippen molar-refractivity contribution < 1.29 is 14.4 Å². The minimum atomic E-state index is -0.469. The van der Waals surface area contributed by atoms with Gasteiger partial charge in [0.05, 0.1) is 19.0 Å². The molecule has 0 fully saturated rings. The van der Waals surface area contributed by atoms with Gasteiger partial charge in [-0.1, -0.05) is 30.7 Å². The monoisotopic (exact) mass is 339 g/mol. The van der Waals surface area contributed by atoms with E-state index in [0.717, 1.165) is 12.0 Å². The summed E-state index contributed by atoms with van der Waals surface area (Å²) in [6, 6.07) is 6.43. The van der Waals surface area contributed by atoms with Gasteiger partial charge in [0.2, 0.25) is 17.7 Å². The van der Waals surface area contributed by atoms with E-state index in [0.29, 0.717) is 11.6 Å². The Morgan fingerprint density at radius 3 is 2.30 bits per heavy atom. The van der Waals surface area contributed by atoms with Gasteiger partial charge in [0.15, 0.2) is 0 Å². The molecule has 1 atom stereocenters. The first-order valence-corrected chi connectivity index (χ1v) is 7.86. The van der Waals surface area contributed by atoms with Crippen LogP contribution in [0.15, 0.2) is 24.3 Å². The van der Waals surface area contributed by atoms with E-state index in [1.807, 2.05) is 6.92 Å². The first kappa shape index (κ1) is 19.0. The molecule has 0 heterocycles. The summed E-state index contributed by atoms with van der Waals surface area (Å²) in [6.45, 7) is 3.84. The maximum atomic E-state index is 12.0. The molecule has 0 aliphatic rings. The SMILES string of the molecule is CCCNC(=O)CNC(=O)CC(NC(C)=O)c1ccc(Cl)cc1. The lowest BCUT2D eigenvalue weighted by atomic mass is 10.0. The lowest BCUT2D eigenvalue weighted by Crippen LogP contribution is -2.39. The number of halogens is 1. The van der Waals surface area contributed by atoms with Gasteiger partial charge in [-0.15, -0.1) is 0 Å². The van der Waals surface area contributed by atoms with Crippen molar-refractivity contribution in [1.82, 2.24) is 16.0 Å². The summed E-state index contributed by atoms with van der Waals surface area (Å²) in [5.74, 6) is -0.786. The zero-order valence-electron chi connectivity index (χ0n) is 13.3. The van der Waals surface area contributed by atoms with Crippen molar-refractivity contribution in [1.29, 1.82) is 0 Å². The molecule has 0 saturated carbocycles. The lowest BCUT2D eigenvalue weighted by Gasteiger charge is -2.18. The third-order valence-electron chi connectivity index (χ3n) is 3.06. The smallest absolute Gasteiger partial charge is 0.239 e. The fourth-order valence-corrected chi connectivity index (χ4v) is 2.08. The predicted octanol–water partition coefficient (Wildman–Crippen LogP) is 1.55. The molecule has 126 valence electrons. The molecular formula is C16H22ClN3O3. The summed E-state index contributed by atoms with van der Waals surface area (Å²) in [5, 5.41) is 8.52. The van der Waals surface area contributed by atoms with E-state index >= 15 is 0 Å². The molecule has 0 saturated heterocycles. The third kappa shape index (κ3) is 7.65. The van der Waals surface area contributed by atoms with Crippen molar-refractivity contribution in [3.8, 4) is 0 Å². The van der Waals surface area contributed by atoms with Crippen LogP contribution in [0.1, 0.15) is 38.3 Å². The van der Waals surface area contributed by atoms with Crippen LogP contribution in [-0.4, -0.2) is 30.8 Å². The van der Waals surface area contributed by atoms with Crippen LogP contribution in [0.2, 0.25) is 5.02 Å². The Kier molecular flexibility index (Phi) is 8.11. The largest absolute Gasteiger partial charge is 0.355 e. The average molecular weight is 340 g/mol. The second-order valence-electron chi connectivity index (χ2n) is 5.14. The van der Waals surface area contributed by atoms with Crippen LogP contribution in [0.4, 0.5) is 0 Å². The molecule has 0 bridgehead atoms. The molecule has 0 aliphatic heterocycles. The quantitative estimate of drug-likeness (QED) is 0.671. The molecule has 0 aromatic heterocycles. The molecule has 0 aliphatic carbocycles. The van der Waals surface area contributed by atoms with Crippen LogP contribution < -0.4 is 16.0 Å². The summed E-state index contributed by atoms with van der Waals surface area (Å²) in [7, 11) is 0. The maximum absolute atomic E-state index is 12.0. The molecule has 1 aromatic rings. The molecule has 3 N–H and O–H groups in total. The molecule has 3 amide bonds. The molecule has 0 spiro atoms. The predicted molar refractivity (Wildman–Crippen MR) is 88.9 cm³/mol. The zero-order chi connectivity index (χ0) is 17.2. The topological polar surface area (TPSA) is 87.3 Å². The highest BCUT2D eigenvalue weighted by molar-refractivity contribution is 6.30. The number of carbonyl (C=O) groups excluding carboxylic acids is 3. The highest BCUT2D eigenvalue weighted by Crippen LogP contribution is 2.19. The summed E-state index contributed by atoms with van der Waals surface area (Å²) in [6.07, 6.45) is 0.878. The fraction of sp³-hybridized carbons (Fsp3) is 0.438. The van der Waals surface area contributed by atoms with Gasteiger partial charge in [0.1, 0.15) is 0 Å². The van der Waals surface area contributed by atoms with Crippen molar-refractivity contribution >= 4 is 29.3 Å². The molecular weight excluding hydrogens is 318 g/mol. The van der Waals surface area contributed by atoms with Gasteiger partial charge in [-0.05, 0) is 24.1 Å². The van der Waals surface area contributed by atoms with Gasteiger partial charge in [0.25, 0.3) is 0 Å². The lowest BCUT2D eigenvalue weighted by molar-refractivity contribution is -0.127. The fourth-order valence-electron chi connectivity index (χ4n) is 1.96. The van der Waals surface area contributed by atoms with Gasteiger partial charge in [-0.3, -0.25) is 14.4 Å². The minimum absolute atomic E-state index is 0.0439. The maximum Gasteiger partial charge on any atom is 0.239 e. The second-order valence-corrected chi connectivity index (χ2v) is 5.57. The molecule has 6 nitrogen and oxygen atoms in total. The Bertz CT molecular complexity index is 546. The number of rotatable bonds is 8. The molecule has 1 rings (SSSR count). The Balaban J connectivity index is 2.59. The third-order valence-corrected chi connectivity index (χ3v) is 3.31. The van der Waals surface area contributed by atoms with Crippen molar-refractivity contribution in [3.63, 3.8) is 0 Å². The van der Waals surface area contributed by atoms with E-state index < -0.39 is 6.04 Å². The normalized spacial score (nSPS) is 11.4. The van der Waals surface area contributed by atoms with Crippen LogP contribution in [0.25, 0.3) is 0 Å². The Labute approximate surface area is 141 Å². The van der Waals surface area contributed by atoms with Crippen molar-refractivity contribution in [3.05, 3.63) is 34.9 Å². The van der Waals surface area contributed by atoms with Gasteiger partial charge in [0, 0.05) is 18.5 Å². The molecule has 1 unspecified atom stereocenters. The van der Waals surface area contributed by atoms with Crippen molar-refractivity contribution in [2.24, 2.45) is 0 Å². The van der Waals surface area contributed by atoms with Crippen LogP contribution >= 0.6 is 11.6 Å². The standard InChI is InChI=1S/C16H22ClN3O3/c1-3-8-18-16(23)10-19-15(22)9-14(20-11(2)21)12-4-6-13(17)7-5-12/h4-7,14H,3,8-10H2,1-2H3,(H,18,23)(H,19,22)(H,20,21). The number of carbonyl (C=O) groups is 3. The van der Waals surface area contributed by atoms with Crippen molar-refractivity contribution in [2.45, 2.75) is 32.7 Å². The Morgan fingerprint density at radius 2 is 1.74 bits per heavy atom. The molecule has 23 heavy (non-hydrogen) atoms. The first-order valence-electron chi connectivity index (χ1n) is 7.48. The molecule has 1 aromatic carbocycles. The number of amides is 3. The second kappa shape index (κ2) is 9.84. The number of hydrogen-bond donors (Lipinski definition) is 3. The van der Waals surface area contributed by atoms with Gasteiger partial charge in [-0.25, -0.2) is 0 Å². The summed E-state index contributed by atoms with van der Waals surface area (Å²) < 4.78 is 0. The van der Waals surface area contributed by atoms with E-state index in [2.05, 4.69) is 16.0 Å². The van der Waals surface area contributed by atoms with Crippen LogP contribution in [0.5, 0.6) is 0 Å². The summed E-state index contributed by atoms with van der Waals surface area (Å²) in [4.78, 5) is 34.8. The highest BCUT2D eigenvalue weighted by Gasteiger charge is 2.17. The molecule has 0 radical (unpaired) electrons. The van der Waals surface area contributed by atoms with Gasteiger partial charge in [-0.2, -0.15) is 0 Å². The van der Waals surface area contributed by atoms with E-state index in [-0.39, 0.29) is 30.7 Å². The Hall–Kier alpha value is -2.08. The van der Waals surface area contributed by atoms with E-state index in [1.165, 1.54) is 6.92 Å². The number of hydrogen-bond acceptors (Lipinski definition) is 3. The highest BCUT2D eigenvalue weighted by atomic mass is 35.5. The average Bonchev–Trinajstić information content (AvgIpc) is 2.50. The Morgan fingerprint density at radius 1 is 1.09 bits per heavy atom.